The molecule has 0 radical (unpaired) electrons. The van der Waals surface area contributed by atoms with Crippen LogP contribution in [-0.4, -0.2) is 10.5 Å². The topological polar surface area (TPSA) is 55.2 Å². The summed E-state index contributed by atoms with van der Waals surface area (Å²) in [4.78, 5) is 10.3. The zero-order chi connectivity index (χ0) is 13.2. The summed E-state index contributed by atoms with van der Waals surface area (Å²) in [6.45, 7) is 3.44. The fourth-order valence-electron chi connectivity index (χ4n) is 1.16. The molecule has 0 amide bonds. The molecule has 0 aliphatic rings. The summed E-state index contributed by atoms with van der Waals surface area (Å²) in [6.07, 6.45) is 5.31. The third kappa shape index (κ3) is 3.26. The fraction of sp³-hybridized carbons (Fsp3) is 0.273. The van der Waals surface area contributed by atoms with E-state index in [-0.39, 0.29) is 21.4 Å². The SMILES string of the molecule is C#CC(C)(C)Nc1cc(Cl)c(Cl)cc1[N+](=O)[O-]. The van der Waals surface area contributed by atoms with E-state index in [1.54, 1.807) is 13.8 Å². The van der Waals surface area contributed by atoms with Crippen LogP contribution in [0.5, 0.6) is 0 Å². The number of anilines is 1. The maximum absolute atomic E-state index is 10.9. The van der Waals surface area contributed by atoms with Gasteiger partial charge in [-0.25, -0.2) is 0 Å². The number of nitrogens with zero attached hydrogens (tertiary/aromatic N) is 1. The van der Waals surface area contributed by atoms with Crippen molar-refractivity contribution < 1.29 is 4.92 Å². The smallest absolute Gasteiger partial charge is 0.293 e. The summed E-state index contributed by atoms with van der Waals surface area (Å²) < 4.78 is 0. The highest BCUT2D eigenvalue weighted by Gasteiger charge is 2.22. The average Bonchev–Trinajstić information content (AvgIpc) is 2.22. The third-order valence-electron chi connectivity index (χ3n) is 2.04. The van der Waals surface area contributed by atoms with Crippen molar-refractivity contribution >= 4 is 34.6 Å². The Morgan fingerprint density at radius 1 is 1.41 bits per heavy atom. The van der Waals surface area contributed by atoms with Gasteiger partial charge < -0.3 is 5.32 Å². The van der Waals surface area contributed by atoms with Gasteiger partial charge >= 0.3 is 0 Å². The van der Waals surface area contributed by atoms with Crippen LogP contribution in [0.15, 0.2) is 12.1 Å². The molecule has 0 fully saturated rings. The van der Waals surface area contributed by atoms with E-state index >= 15 is 0 Å². The van der Waals surface area contributed by atoms with Crippen LogP contribution in [0.25, 0.3) is 0 Å². The van der Waals surface area contributed by atoms with Crippen LogP contribution in [0.4, 0.5) is 11.4 Å². The van der Waals surface area contributed by atoms with Gasteiger partial charge in [-0.15, -0.1) is 6.42 Å². The van der Waals surface area contributed by atoms with E-state index in [1.807, 2.05) is 0 Å². The molecule has 0 aliphatic carbocycles. The number of rotatable bonds is 3. The first kappa shape index (κ1) is 13.6. The van der Waals surface area contributed by atoms with Crippen molar-refractivity contribution in [3.63, 3.8) is 0 Å². The van der Waals surface area contributed by atoms with E-state index in [2.05, 4.69) is 11.2 Å². The van der Waals surface area contributed by atoms with Crippen molar-refractivity contribution in [3.8, 4) is 12.3 Å². The van der Waals surface area contributed by atoms with Gasteiger partial charge in [-0.05, 0) is 19.9 Å². The van der Waals surface area contributed by atoms with Crippen LogP contribution < -0.4 is 5.32 Å². The molecule has 0 aliphatic heterocycles. The van der Waals surface area contributed by atoms with Crippen LogP contribution in [0.2, 0.25) is 10.0 Å². The molecule has 0 saturated heterocycles. The molecular weight excluding hydrogens is 263 g/mol. The summed E-state index contributed by atoms with van der Waals surface area (Å²) >= 11 is 11.5. The third-order valence-corrected chi connectivity index (χ3v) is 2.77. The quantitative estimate of drug-likeness (QED) is 0.518. The van der Waals surface area contributed by atoms with Gasteiger partial charge in [-0.1, -0.05) is 29.1 Å². The molecule has 17 heavy (non-hydrogen) atoms. The fourth-order valence-corrected chi connectivity index (χ4v) is 1.48. The predicted octanol–water partition coefficient (Wildman–Crippen LogP) is 3.73. The van der Waals surface area contributed by atoms with Crippen LogP contribution in [0.1, 0.15) is 13.8 Å². The van der Waals surface area contributed by atoms with Crippen LogP contribution in [-0.2, 0) is 0 Å². The molecule has 1 aromatic carbocycles. The monoisotopic (exact) mass is 272 g/mol. The van der Waals surface area contributed by atoms with Gasteiger partial charge in [0.05, 0.1) is 20.5 Å². The Hall–Kier alpha value is -1.44. The minimum absolute atomic E-state index is 0.127. The van der Waals surface area contributed by atoms with Crippen molar-refractivity contribution in [1.82, 2.24) is 0 Å². The highest BCUT2D eigenvalue weighted by atomic mass is 35.5. The molecule has 6 heteroatoms. The van der Waals surface area contributed by atoms with Crippen molar-refractivity contribution in [3.05, 3.63) is 32.3 Å². The number of terminal acetylenes is 1. The number of nitro groups is 1. The number of halogens is 2. The number of benzene rings is 1. The van der Waals surface area contributed by atoms with Crippen molar-refractivity contribution in [2.45, 2.75) is 19.4 Å². The van der Waals surface area contributed by atoms with E-state index in [0.29, 0.717) is 0 Å². The first-order valence-corrected chi connectivity index (χ1v) is 5.42. The Morgan fingerprint density at radius 2 is 1.94 bits per heavy atom. The van der Waals surface area contributed by atoms with E-state index in [4.69, 9.17) is 29.6 Å². The number of hydrogen-bond donors (Lipinski definition) is 1. The molecule has 0 bridgehead atoms. The highest BCUT2D eigenvalue weighted by molar-refractivity contribution is 6.42. The average molecular weight is 273 g/mol. The molecule has 1 rings (SSSR count). The van der Waals surface area contributed by atoms with Crippen LogP contribution in [0.3, 0.4) is 0 Å². The Morgan fingerprint density at radius 3 is 2.41 bits per heavy atom. The second-order valence-electron chi connectivity index (χ2n) is 3.93. The summed E-state index contributed by atoms with van der Waals surface area (Å²) in [5.41, 5.74) is -0.642. The highest BCUT2D eigenvalue weighted by Crippen LogP contribution is 2.35. The molecule has 0 atom stereocenters. The number of nitrogens with one attached hydrogen (secondary N) is 1. The molecule has 90 valence electrons. The molecular formula is C11H10Cl2N2O2. The van der Waals surface area contributed by atoms with Crippen molar-refractivity contribution in [1.29, 1.82) is 0 Å². The summed E-state index contributed by atoms with van der Waals surface area (Å²) in [5, 5.41) is 14.1. The van der Waals surface area contributed by atoms with E-state index in [0.717, 1.165) is 0 Å². The van der Waals surface area contributed by atoms with Gasteiger partial charge in [0.1, 0.15) is 5.69 Å². The zero-order valence-corrected chi connectivity index (χ0v) is 10.8. The van der Waals surface area contributed by atoms with Gasteiger partial charge in [-0.3, -0.25) is 10.1 Å². The van der Waals surface area contributed by atoms with Crippen LogP contribution >= 0.6 is 23.2 Å². The molecule has 0 aromatic heterocycles. The second kappa shape index (κ2) is 4.82. The standard InChI is InChI=1S/C11H10Cl2N2O2/c1-4-11(2,3)14-9-5-7(12)8(13)6-10(9)15(16)17/h1,5-6,14H,2-3H3. The largest absolute Gasteiger partial charge is 0.364 e. The molecule has 0 heterocycles. The molecule has 4 nitrogen and oxygen atoms in total. The van der Waals surface area contributed by atoms with Gasteiger partial charge in [0.2, 0.25) is 0 Å². The zero-order valence-electron chi connectivity index (χ0n) is 9.25. The molecule has 0 spiro atoms. The Labute approximate surface area is 109 Å². The first-order chi connectivity index (χ1) is 7.76. The minimum Gasteiger partial charge on any atom is -0.364 e. The molecule has 0 saturated carbocycles. The lowest BCUT2D eigenvalue weighted by molar-refractivity contribution is -0.384. The van der Waals surface area contributed by atoms with Gasteiger partial charge in [0.15, 0.2) is 0 Å². The summed E-state index contributed by atoms with van der Waals surface area (Å²) in [5.74, 6) is 2.48. The number of hydrogen-bond acceptors (Lipinski definition) is 3. The first-order valence-electron chi connectivity index (χ1n) is 4.66. The van der Waals surface area contributed by atoms with E-state index in [9.17, 15) is 10.1 Å². The Kier molecular flexibility index (Phi) is 3.87. The summed E-state index contributed by atoms with van der Waals surface area (Å²) in [7, 11) is 0. The lowest BCUT2D eigenvalue weighted by Crippen LogP contribution is -2.28. The predicted molar refractivity (Wildman–Crippen MR) is 69.7 cm³/mol. The minimum atomic E-state index is -0.720. The van der Waals surface area contributed by atoms with Crippen molar-refractivity contribution in [2.75, 3.05) is 5.32 Å². The second-order valence-corrected chi connectivity index (χ2v) is 4.75. The Bertz CT molecular complexity index is 507. The van der Waals surface area contributed by atoms with E-state index < -0.39 is 10.5 Å². The maximum Gasteiger partial charge on any atom is 0.293 e. The number of nitro benzene ring substituents is 1. The van der Waals surface area contributed by atoms with Gasteiger partial charge in [-0.2, -0.15) is 0 Å². The molecule has 1 N–H and O–H groups in total. The summed E-state index contributed by atoms with van der Waals surface area (Å²) in [6, 6.07) is 2.58. The Balaban J connectivity index is 3.28. The van der Waals surface area contributed by atoms with Gasteiger partial charge in [0, 0.05) is 6.07 Å². The normalized spacial score (nSPS) is 10.8. The lowest BCUT2D eigenvalue weighted by Gasteiger charge is -2.21. The maximum atomic E-state index is 10.9. The molecule has 1 aromatic rings. The van der Waals surface area contributed by atoms with Crippen LogP contribution in [0, 0.1) is 22.5 Å². The van der Waals surface area contributed by atoms with Gasteiger partial charge in [0.25, 0.3) is 5.69 Å². The lowest BCUT2D eigenvalue weighted by atomic mass is 10.1. The van der Waals surface area contributed by atoms with E-state index in [1.165, 1.54) is 12.1 Å². The molecule has 0 unspecified atom stereocenters. The van der Waals surface area contributed by atoms with Crippen molar-refractivity contribution in [2.24, 2.45) is 0 Å².